The van der Waals surface area contributed by atoms with Gasteiger partial charge in [0.05, 0.1) is 5.02 Å². The Morgan fingerprint density at radius 1 is 1.04 bits per heavy atom. The van der Waals surface area contributed by atoms with Crippen LogP contribution in [0.25, 0.3) is 0 Å². The minimum atomic E-state index is -0.206. The highest BCUT2D eigenvalue weighted by molar-refractivity contribution is 6.32. The highest BCUT2D eigenvalue weighted by atomic mass is 35.5. The highest BCUT2D eigenvalue weighted by Crippen LogP contribution is 2.24. The zero-order valence-corrected chi connectivity index (χ0v) is 15.0. The number of phenolic OH excluding ortho intramolecular Hbond substituents is 1. The van der Waals surface area contributed by atoms with Crippen molar-refractivity contribution >= 4 is 23.5 Å². The van der Waals surface area contributed by atoms with Crippen LogP contribution in [0.5, 0.6) is 5.75 Å². The van der Waals surface area contributed by atoms with Crippen LogP contribution in [0, 0.1) is 0 Å². The van der Waals surface area contributed by atoms with Crippen LogP contribution >= 0.6 is 11.6 Å². The van der Waals surface area contributed by atoms with Gasteiger partial charge in [-0.15, -0.1) is 0 Å². The predicted octanol–water partition coefficient (Wildman–Crippen LogP) is 2.85. The second-order valence-electron chi connectivity index (χ2n) is 6.73. The van der Waals surface area contributed by atoms with Gasteiger partial charge in [-0.3, -0.25) is 4.79 Å². The second kappa shape index (κ2) is 7.95. The van der Waals surface area contributed by atoms with E-state index >= 15 is 0 Å². The lowest BCUT2D eigenvalue weighted by Gasteiger charge is -2.37. The number of phenols is 1. The monoisotopic (exact) mass is 365 g/mol. The van der Waals surface area contributed by atoms with Crippen molar-refractivity contribution in [1.82, 2.24) is 15.1 Å². The molecular weight excluding hydrogens is 342 g/mol. The standard InChI is InChI=1S/C18H24ClN3O3/c19-15-12-13(4-5-16(15)23)17(24)20-14-6-10-22(11-7-14)18(25)21-8-2-1-3-9-21/h4-5,12,14,23H,1-3,6-11H2,(H,20,24). The first-order chi connectivity index (χ1) is 12.0. The SMILES string of the molecule is O=C(NC1CCN(C(=O)N2CCCCC2)CC1)c1ccc(O)c(Cl)c1. The third kappa shape index (κ3) is 4.37. The average molecular weight is 366 g/mol. The van der Waals surface area contributed by atoms with Crippen molar-refractivity contribution < 1.29 is 14.7 Å². The normalized spacial score (nSPS) is 18.9. The minimum Gasteiger partial charge on any atom is -0.506 e. The maximum Gasteiger partial charge on any atom is 0.319 e. The molecule has 7 heteroatoms. The first-order valence-electron chi connectivity index (χ1n) is 8.88. The summed E-state index contributed by atoms with van der Waals surface area (Å²) in [6, 6.07) is 4.60. The number of nitrogens with zero attached hydrogens (tertiary/aromatic N) is 2. The Morgan fingerprint density at radius 3 is 2.32 bits per heavy atom. The van der Waals surface area contributed by atoms with Crippen molar-refractivity contribution in [1.29, 1.82) is 0 Å². The van der Waals surface area contributed by atoms with Gasteiger partial charge < -0.3 is 20.2 Å². The molecule has 3 rings (SSSR count). The lowest BCUT2D eigenvalue weighted by atomic mass is 10.0. The highest BCUT2D eigenvalue weighted by Gasteiger charge is 2.27. The Kier molecular flexibility index (Phi) is 5.68. The molecule has 136 valence electrons. The number of piperidine rings is 2. The molecule has 0 spiro atoms. The van der Waals surface area contributed by atoms with Gasteiger partial charge in [0.1, 0.15) is 5.75 Å². The van der Waals surface area contributed by atoms with Crippen LogP contribution in [0.3, 0.4) is 0 Å². The quantitative estimate of drug-likeness (QED) is 0.846. The summed E-state index contributed by atoms with van der Waals surface area (Å²) in [5, 5.41) is 12.6. The lowest BCUT2D eigenvalue weighted by molar-refractivity contribution is 0.0908. The summed E-state index contributed by atoms with van der Waals surface area (Å²) in [4.78, 5) is 28.6. The minimum absolute atomic E-state index is 0.0391. The number of rotatable bonds is 2. The van der Waals surface area contributed by atoms with Gasteiger partial charge in [0, 0.05) is 37.8 Å². The van der Waals surface area contributed by atoms with Gasteiger partial charge in [-0.2, -0.15) is 0 Å². The van der Waals surface area contributed by atoms with E-state index in [-0.39, 0.29) is 28.8 Å². The number of benzene rings is 1. The zero-order chi connectivity index (χ0) is 17.8. The Labute approximate surface area is 152 Å². The van der Waals surface area contributed by atoms with Crippen molar-refractivity contribution in [3.63, 3.8) is 0 Å². The number of carbonyl (C=O) groups is 2. The first-order valence-corrected chi connectivity index (χ1v) is 9.25. The van der Waals surface area contributed by atoms with E-state index in [0.29, 0.717) is 18.7 Å². The molecule has 25 heavy (non-hydrogen) atoms. The fraction of sp³-hybridized carbons (Fsp3) is 0.556. The molecule has 2 heterocycles. The third-order valence-electron chi connectivity index (χ3n) is 4.94. The summed E-state index contributed by atoms with van der Waals surface area (Å²) in [5.41, 5.74) is 0.426. The molecule has 0 unspecified atom stereocenters. The van der Waals surface area contributed by atoms with Crippen LogP contribution in [-0.4, -0.2) is 59.1 Å². The van der Waals surface area contributed by atoms with Crippen molar-refractivity contribution in [3.8, 4) is 5.75 Å². The largest absolute Gasteiger partial charge is 0.506 e. The average Bonchev–Trinajstić information content (AvgIpc) is 2.64. The smallest absolute Gasteiger partial charge is 0.319 e. The van der Waals surface area contributed by atoms with E-state index in [4.69, 9.17) is 11.6 Å². The molecule has 0 saturated carbocycles. The maximum absolute atomic E-state index is 12.5. The molecule has 3 amide bonds. The number of carbonyl (C=O) groups excluding carboxylic acids is 2. The molecule has 2 aliphatic rings. The Bertz CT molecular complexity index is 638. The molecule has 2 fully saturated rings. The number of urea groups is 1. The molecule has 2 saturated heterocycles. The summed E-state index contributed by atoms with van der Waals surface area (Å²) < 4.78 is 0. The predicted molar refractivity (Wildman–Crippen MR) is 96.0 cm³/mol. The second-order valence-corrected chi connectivity index (χ2v) is 7.14. The molecular formula is C18H24ClN3O3. The van der Waals surface area contributed by atoms with Gasteiger partial charge in [0.2, 0.25) is 0 Å². The molecule has 0 atom stereocenters. The number of likely N-dealkylation sites (tertiary alicyclic amines) is 2. The number of halogens is 1. The van der Waals surface area contributed by atoms with E-state index in [1.54, 1.807) is 6.07 Å². The fourth-order valence-corrected chi connectivity index (χ4v) is 3.60. The van der Waals surface area contributed by atoms with Crippen molar-refractivity contribution in [2.24, 2.45) is 0 Å². The van der Waals surface area contributed by atoms with Gasteiger partial charge in [-0.25, -0.2) is 4.79 Å². The summed E-state index contributed by atoms with van der Waals surface area (Å²) in [6.07, 6.45) is 4.88. The molecule has 1 aromatic carbocycles. The van der Waals surface area contributed by atoms with Gasteiger partial charge >= 0.3 is 6.03 Å². The Balaban J connectivity index is 1.49. The molecule has 2 aliphatic heterocycles. The van der Waals surface area contributed by atoms with Crippen LogP contribution in [0.4, 0.5) is 4.79 Å². The Hall–Kier alpha value is -1.95. The van der Waals surface area contributed by atoms with Crippen molar-refractivity contribution in [2.75, 3.05) is 26.2 Å². The van der Waals surface area contributed by atoms with Crippen LogP contribution < -0.4 is 5.32 Å². The molecule has 0 aliphatic carbocycles. The van der Waals surface area contributed by atoms with E-state index in [2.05, 4.69) is 5.32 Å². The number of amides is 3. The molecule has 1 aromatic rings. The molecule has 6 nitrogen and oxygen atoms in total. The fourth-order valence-electron chi connectivity index (χ4n) is 3.42. The van der Waals surface area contributed by atoms with E-state index in [9.17, 15) is 14.7 Å². The van der Waals surface area contributed by atoms with Gasteiger partial charge in [-0.1, -0.05) is 11.6 Å². The van der Waals surface area contributed by atoms with Crippen molar-refractivity contribution in [2.45, 2.75) is 38.1 Å². The van der Waals surface area contributed by atoms with Gasteiger partial charge in [-0.05, 0) is 50.3 Å². The van der Waals surface area contributed by atoms with Gasteiger partial charge in [0.25, 0.3) is 5.91 Å². The number of nitrogens with one attached hydrogen (secondary N) is 1. The maximum atomic E-state index is 12.5. The van der Waals surface area contributed by atoms with Crippen LogP contribution in [0.1, 0.15) is 42.5 Å². The van der Waals surface area contributed by atoms with Crippen LogP contribution in [0.2, 0.25) is 5.02 Å². The van der Waals surface area contributed by atoms with E-state index in [0.717, 1.165) is 38.8 Å². The summed E-state index contributed by atoms with van der Waals surface area (Å²) in [5.74, 6) is -0.245. The summed E-state index contributed by atoms with van der Waals surface area (Å²) in [7, 11) is 0. The number of aromatic hydroxyl groups is 1. The lowest BCUT2D eigenvalue weighted by Crippen LogP contribution is -2.51. The third-order valence-corrected chi connectivity index (χ3v) is 5.24. The van der Waals surface area contributed by atoms with E-state index in [1.807, 2.05) is 9.80 Å². The van der Waals surface area contributed by atoms with E-state index in [1.165, 1.54) is 18.6 Å². The summed E-state index contributed by atoms with van der Waals surface area (Å²) >= 11 is 5.85. The number of hydrogen-bond donors (Lipinski definition) is 2. The van der Waals surface area contributed by atoms with E-state index < -0.39 is 0 Å². The zero-order valence-electron chi connectivity index (χ0n) is 14.2. The molecule has 0 bridgehead atoms. The number of hydrogen-bond acceptors (Lipinski definition) is 3. The Morgan fingerprint density at radius 2 is 1.68 bits per heavy atom. The molecule has 0 radical (unpaired) electrons. The van der Waals surface area contributed by atoms with Crippen LogP contribution in [-0.2, 0) is 0 Å². The topological polar surface area (TPSA) is 72.9 Å². The summed E-state index contributed by atoms with van der Waals surface area (Å²) in [6.45, 7) is 3.04. The molecule has 0 aromatic heterocycles. The van der Waals surface area contributed by atoms with Crippen molar-refractivity contribution in [3.05, 3.63) is 28.8 Å². The first kappa shape index (κ1) is 17.9. The van der Waals surface area contributed by atoms with Crippen LogP contribution in [0.15, 0.2) is 18.2 Å². The van der Waals surface area contributed by atoms with Gasteiger partial charge in [0.15, 0.2) is 0 Å². The molecule has 2 N–H and O–H groups in total.